The van der Waals surface area contributed by atoms with Crippen LogP contribution in [0.1, 0.15) is 34.1 Å². The van der Waals surface area contributed by atoms with Crippen molar-refractivity contribution in [2.45, 2.75) is 40.2 Å². The lowest BCUT2D eigenvalue weighted by Gasteiger charge is -2.25. The summed E-state index contributed by atoms with van der Waals surface area (Å²) < 4.78 is 0.763. The molecule has 0 aliphatic heterocycles. The van der Waals surface area contributed by atoms with Gasteiger partial charge in [-0.1, -0.05) is 29.5 Å². The molecule has 0 aromatic rings. The van der Waals surface area contributed by atoms with Gasteiger partial charge >= 0.3 is 5.97 Å². The third-order valence-electron chi connectivity index (χ3n) is 2.46. The molecule has 0 spiro atoms. The number of carboxylic acid groups (broad SMARTS) is 1. The summed E-state index contributed by atoms with van der Waals surface area (Å²) in [4.78, 5) is 22.5. The highest BCUT2D eigenvalue weighted by molar-refractivity contribution is 14.1. The Bertz CT molecular complexity index is 266. The second-order valence-electron chi connectivity index (χ2n) is 4.86. The maximum absolute atomic E-state index is 11.6. The number of aliphatic carboxylic acids is 1. The molecule has 94 valence electrons. The summed E-state index contributed by atoms with van der Waals surface area (Å²) in [5.74, 6) is -0.880. The van der Waals surface area contributed by atoms with E-state index in [1.165, 1.54) is 0 Å². The van der Waals surface area contributed by atoms with E-state index < -0.39 is 11.4 Å². The Morgan fingerprint density at radius 1 is 1.38 bits per heavy atom. The Labute approximate surface area is 110 Å². The number of carbonyl (C=O) groups excluding carboxylic acids is 1. The van der Waals surface area contributed by atoms with Crippen LogP contribution in [0.3, 0.4) is 0 Å². The van der Waals surface area contributed by atoms with Gasteiger partial charge in [-0.15, -0.1) is 0 Å². The van der Waals surface area contributed by atoms with Gasteiger partial charge in [0, 0.05) is 16.4 Å². The Balaban J connectivity index is 4.24. The molecule has 0 bridgehead atoms. The quantitative estimate of drug-likeness (QED) is 0.574. The maximum atomic E-state index is 11.6. The van der Waals surface area contributed by atoms with E-state index in [0.29, 0.717) is 6.42 Å². The van der Waals surface area contributed by atoms with E-state index in [1.54, 1.807) is 13.8 Å². The number of nitrogens with one attached hydrogen (secondary N) is 1. The summed E-state index contributed by atoms with van der Waals surface area (Å²) in [5, 5.41) is 11.8. The number of rotatable bonds is 6. The Hall–Kier alpha value is -0.330. The molecule has 16 heavy (non-hydrogen) atoms. The zero-order valence-electron chi connectivity index (χ0n) is 10.2. The van der Waals surface area contributed by atoms with E-state index >= 15 is 0 Å². The van der Waals surface area contributed by atoms with Crippen LogP contribution in [-0.2, 0) is 9.59 Å². The van der Waals surface area contributed by atoms with Crippen molar-refractivity contribution in [1.29, 1.82) is 0 Å². The average Bonchev–Trinajstić information content (AvgIpc) is 2.14. The SMILES string of the molecule is CC(CC(C)(C)C(=O)O)NC(=O)C(C)CI. The lowest BCUT2D eigenvalue weighted by Crippen LogP contribution is -2.41. The van der Waals surface area contributed by atoms with Crippen molar-refractivity contribution in [1.82, 2.24) is 5.32 Å². The largest absolute Gasteiger partial charge is 0.481 e. The molecule has 0 aliphatic carbocycles. The number of carboxylic acids is 1. The molecule has 4 nitrogen and oxygen atoms in total. The van der Waals surface area contributed by atoms with E-state index in [2.05, 4.69) is 27.9 Å². The fourth-order valence-electron chi connectivity index (χ4n) is 1.36. The molecule has 0 radical (unpaired) electrons. The van der Waals surface area contributed by atoms with Crippen LogP contribution in [0.15, 0.2) is 0 Å². The highest BCUT2D eigenvalue weighted by atomic mass is 127. The molecule has 0 aromatic carbocycles. The van der Waals surface area contributed by atoms with Crippen molar-refractivity contribution in [3.05, 3.63) is 0 Å². The van der Waals surface area contributed by atoms with Crippen LogP contribution >= 0.6 is 22.6 Å². The van der Waals surface area contributed by atoms with Gasteiger partial charge < -0.3 is 10.4 Å². The molecule has 5 heteroatoms. The van der Waals surface area contributed by atoms with Crippen molar-refractivity contribution in [2.24, 2.45) is 11.3 Å². The average molecular weight is 341 g/mol. The zero-order valence-corrected chi connectivity index (χ0v) is 12.4. The minimum Gasteiger partial charge on any atom is -0.481 e. The van der Waals surface area contributed by atoms with E-state index in [9.17, 15) is 9.59 Å². The summed E-state index contributed by atoms with van der Waals surface area (Å²) in [6.45, 7) is 7.03. The lowest BCUT2D eigenvalue weighted by atomic mass is 9.86. The number of hydrogen-bond donors (Lipinski definition) is 2. The summed E-state index contributed by atoms with van der Waals surface area (Å²) in [7, 11) is 0. The number of amides is 1. The third-order valence-corrected chi connectivity index (χ3v) is 3.78. The molecule has 0 saturated heterocycles. The first kappa shape index (κ1) is 15.7. The molecule has 0 aliphatic rings. The standard InChI is InChI=1S/C11H20INO3/c1-7(6-12)9(14)13-8(2)5-11(3,4)10(15)16/h7-8H,5-6H2,1-4H3,(H,13,14)(H,15,16). The number of hydrogen-bond acceptors (Lipinski definition) is 2. The molecular weight excluding hydrogens is 321 g/mol. The maximum Gasteiger partial charge on any atom is 0.309 e. The molecule has 2 atom stereocenters. The first-order valence-corrected chi connectivity index (χ1v) is 6.83. The van der Waals surface area contributed by atoms with Crippen molar-refractivity contribution in [3.63, 3.8) is 0 Å². The normalized spacial score (nSPS) is 15.3. The second kappa shape index (κ2) is 6.42. The fourth-order valence-corrected chi connectivity index (χ4v) is 1.76. The van der Waals surface area contributed by atoms with Crippen LogP contribution in [0.4, 0.5) is 0 Å². The zero-order chi connectivity index (χ0) is 12.9. The number of halogens is 1. The summed E-state index contributed by atoms with van der Waals surface area (Å²) >= 11 is 2.16. The molecule has 1 amide bonds. The Kier molecular flexibility index (Phi) is 6.28. The predicted molar refractivity (Wildman–Crippen MR) is 71.7 cm³/mol. The third kappa shape index (κ3) is 5.14. The van der Waals surface area contributed by atoms with E-state index in [4.69, 9.17) is 5.11 Å². The minimum absolute atomic E-state index is 0.0110. The van der Waals surface area contributed by atoms with Crippen LogP contribution in [0.25, 0.3) is 0 Å². The van der Waals surface area contributed by atoms with Crippen LogP contribution in [0.5, 0.6) is 0 Å². The number of carbonyl (C=O) groups is 2. The summed E-state index contributed by atoms with van der Waals surface area (Å²) in [6.07, 6.45) is 0.433. The van der Waals surface area contributed by atoms with Gasteiger partial charge in [0.15, 0.2) is 0 Å². The van der Waals surface area contributed by atoms with Gasteiger partial charge in [0.05, 0.1) is 5.41 Å². The van der Waals surface area contributed by atoms with Gasteiger partial charge in [0.2, 0.25) is 5.91 Å². The minimum atomic E-state index is -0.837. The van der Waals surface area contributed by atoms with Crippen LogP contribution in [-0.4, -0.2) is 27.5 Å². The van der Waals surface area contributed by atoms with Gasteiger partial charge in [-0.3, -0.25) is 9.59 Å². The van der Waals surface area contributed by atoms with E-state index in [-0.39, 0.29) is 17.9 Å². The molecule has 0 heterocycles. The van der Waals surface area contributed by atoms with Crippen LogP contribution in [0, 0.1) is 11.3 Å². The molecule has 2 unspecified atom stereocenters. The highest BCUT2D eigenvalue weighted by Gasteiger charge is 2.30. The molecule has 0 aromatic heterocycles. The smallest absolute Gasteiger partial charge is 0.309 e. The van der Waals surface area contributed by atoms with Crippen molar-refractivity contribution >= 4 is 34.5 Å². The first-order chi connectivity index (χ1) is 7.20. The fraction of sp³-hybridized carbons (Fsp3) is 0.818. The second-order valence-corrected chi connectivity index (χ2v) is 5.74. The molecule has 0 fully saturated rings. The van der Waals surface area contributed by atoms with E-state index in [0.717, 1.165) is 4.43 Å². The van der Waals surface area contributed by atoms with E-state index in [1.807, 2.05) is 13.8 Å². The van der Waals surface area contributed by atoms with Crippen LogP contribution in [0.2, 0.25) is 0 Å². The molecule has 2 N–H and O–H groups in total. The summed E-state index contributed by atoms with van der Waals surface area (Å²) in [6, 6.07) is -0.121. The predicted octanol–water partition coefficient (Wildman–Crippen LogP) is 2.06. The Morgan fingerprint density at radius 2 is 1.88 bits per heavy atom. The van der Waals surface area contributed by atoms with Crippen LogP contribution < -0.4 is 5.32 Å². The summed E-state index contributed by atoms with van der Waals surface area (Å²) in [5.41, 5.74) is -0.805. The molecular formula is C11H20INO3. The highest BCUT2D eigenvalue weighted by Crippen LogP contribution is 2.22. The molecule has 0 rings (SSSR count). The van der Waals surface area contributed by atoms with Crippen molar-refractivity contribution in [3.8, 4) is 0 Å². The lowest BCUT2D eigenvalue weighted by molar-refractivity contribution is -0.147. The molecule has 0 saturated carbocycles. The Morgan fingerprint density at radius 3 is 2.25 bits per heavy atom. The van der Waals surface area contributed by atoms with Gasteiger partial charge in [-0.05, 0) is 27.2 Å². The first-order valence-electron chi connectivity index (χ1n) is 5.30. The topological polar surface area (TPSA) is 66.4 Å². The van der Waals surface area contributed by atoms with Gasteiger partial charge in [0.1, 0.15) is 0 Å². The van der Waals surface area contributed by atoms with Gasteiger partial charge in [-0.25, -0.2) is 0 Å². The monoisotopic (exact) mass is 341 g/mol. The van der Waals surface area contributed by atoms with Crippen molar-refractivity contribution < 1.29 is 14.7 Å². The number of alkyl halides is 1. The van der Waals surface area contributed by atoms with Crippen molar-refractivity contribution in [2.75, 3.05) is 4.43 Å². The van der Waals surface area contributed by atoms with Gasteiger partial charge in [-0.2, -0.15) is 0 Å². The van der Waals surface area contributed by atoms with Gasteiger partial charge in [0.25, 0.3) is 0 Å².